The van der Waals surface area contributed by atoms with Crippen LogP contribution in [0.5, 0.6) is 5.75 Å². The molecule has 1 aliphatic heterocycles. The van der Waals surface area contributed by atoms with E-state index in [-0.39, 0.29) is 12.1 Å². The molecule has 0 aliphatic carbocycles. The number of amides is 1. The summed E-state index contributed by atoms with van der Waals surface area (Å²) in [4.78, 5) is 12.4. The summed E-state index contributed by atoms with van der Waals surface area (Å²) in [6.07, 6.45) is -0.360. The Bertz CT molecular complexity index is 944. The molecule has 26 heavy (non-hydrogen) atoms. The van der Waals surface area contributed by atoms with Crippen LogP contribution in [0.15, 0.2) is 77.3 Å². The van der Waals surface area contributed by atoms with E-state index >= 15 is 0 Å². The molecule has 0 bridgehead atoms. The van der Waals surface area contributed by atoms with E-state index in [4.69, 9.17) is 4.74 Å². The fourth-order valence-electron chi connectivity index (χ4n) is 2.97. The largest absolute Gasteiger partial charge is 0.488 e. The van der Waals surface area contributed by atoms with Crippen molar-refractivity contribution in [3.63, 3.8) is 0 Å². The van der Waals surface area contributed by atoms with Crippen molar-refractivity contribution in [1.29, 1.82) is 0 Å². The minimum Gasteiger partial charge on any atom is -0.488 e. The highest BCUT2D eigenvalue weighted by Gasteiger charge is 2.26. The van der Waals surface area contributed by atoms with E-state index in [0.29, 0.717) is 12.2 Å². The van der Waals surface area contributed by atoms with Crippen LogP contribution < -0.4 is 15.4 Å². The van der Waals surface area contributed by atoms with E-state index in [0.717, 1.165) is 27.0 Å². The average Bonchev–Trinajstić information content (AvgIpc) is 2.68. The highest BCUT2D eigenvalue weighted by atomic mass is 79.9. The van der Waals surface area contributed by atoms with E-state index in [1.54, 1.807) is 0 Å². The van der Waals surface area contributed by atoms with Crippen LogP contribution in [0.25, 0.3) is 0 Å². The second kappa shape index (κ2) is 7.22. The summed E-state index contributed by atoms with van der Waals surface area (Å²) >= 11 is 3.51. The predicted octanol–water partition coefficient (Wildman–Crippen LogP) is 4.88. The molecule has 3 aromatic carbocycles. The summed E-state index contributed by atoms with van der Waals surface area (Å²) in [6, 6.07) is 23.3. The molecule has 0 radical (unpaired) electrons. The molecule has 0 unspecified atom stereocenters. The van der Waals surface area contributed by atoms with Crippen LogP contribution >= 0.6 is 15.9 Å². The maximum atomic E-state index is 12.4. The quantitative estimate of drug-likeness (QED) is 0.646. The number of nitrogens with one attached hydrogen (secondary N) is 2. The second-order valence-corrected chi connectivity index (χ2v) is 6.97. The standard InChI is InChI=1S/C21H17BrN2O2/c22-15-10-11-19(26-13-14-6-2-1-3-7-14)17(12-15)20-23-18-9-5-4-8-16(18)21(25)24-20/h1-12,20,23H,13H2,(H,24,25)/t20-/m0/s1. The van der Waals surface area contributed by atoms with Gasteiger partial charge < -0.3 is 15.4 Å². The molecule has 0 saturated carbocycles. The van der Waals surface area contributed by atoms with Gasteiger partial charge >= 0.3 is 0 Å². The van der Waals surface area contributed by atoms with E-state index in [1.807, 2.05) is 72.8 Å². The zero-order chi connectivity index (χ0) is 17.9. The van der Waals surface area contributed by atoms with Crippen LogP contribution in [0.2, 0.25) is 0 Å². The maximum Gasteiger partial charge on any atom is 0.255 e. The highest BCUT2D eigenvalue weighted by Crippen LogP contribution is 2.33. The fourth-order valence-corrected chi connectivity index (χ4v) is 3.35. The Morgan fingerprint density at radius 3 is 2.54 bits per heavy atom. The third-order valence-corrected chi connectivity index (χ3v) is 4.76. The van der Waals surface area contributed by atoms with Crippen LogP contribution in [0.1, 0.15) is 27.7 Å². The molecule has 130 valence electrons. The first kappa shape index (κ1) is 16.7. The number of benzene rings is 3. The van der Waals surface area contributed by atoms with Crippen molar-refractivity contribution in [2.75, 3.05) is 5.32 Å². The molecule has 0 saturated heterocycles. The van der Waals surface area contributed by atoms with Crippen molar-refractivity contribution in [3.8, 4) is 5.75 Å². The van der Waals surface area contributed by atoms with E-state index in [2.05, 4.69) is 26.6 Å². The second-order valence-electron chi connectivity index (χ2n) is 6.05. The molecule has 0 spiro atoms. The number of carbonyl (C=O) groups is 1. The summed E-state index contributed by atoms with van der Waals surface area (Å²) < 4.78 is 6.97. The van der Waals surface area contributed by atoms with Gasteiger partial charge in [0.1, 0.15) is 18.5 Å². The lowest BCUT2D eigenvalue weighted by Gasteiger charge is -2.29. The van der Waals surface area contributed by atoms with Crippen LogP contribution in [-0.2, 0) is 6.61 Å². The summed E-state index contributed by atoms with van der Waals surface area (Å²) in [5.74, 6) is 0.632. The lowest BCUT2D eigenvalue weighted by atomic mass is 10.1. The van der Waals surface area contributed by atoms with Crippen LogP contribution in [-0.4, -0.2) is 5.91 Å². The van der Waals surface area contributed by atoms with Crippen molar-refractivity contribution < 1.29 is 9.53 Å². The van der Waals surface area contributed by atoms with Gasteiger partial charge in [-0.05, 0) is 35.9 Å². The minimum absolute atomic E-state index is 0.0988. The molecule has 2 N–H and O–H groups in total. The van der Waals surface area contributed by atoms with Gasteiger partial charge in [-0.1, -0.05) is 58.4 Å². The molecular formula is C21H17BrN2O2. The first-order valence-electron chi connectivity index (χ1n) is 8.33. The molecule has 4 rings (SSSR count). The third-order valence-electron chi connectivity index (χ3n) is 4.27. The smallest absolute Gasteiger partial charge is 0.255 e. The number of ether oxygens (including phenoxy) is 1. The van der Waals surface area contributed by atoms with Gasteiger partial charge in [0.2, 0.25) is 0 Å². The van der Waals surface area contributed by atoms with E-state index in [1.165, 1.54) is 0 Å². The SMILES string of the molecule is O=C1N[C@@H](c2cc(Br)ccc2OCc2ccccc2)Nc2ccccc21. The molecule has 0 fully saturated rings. The lowest BCUT2D eigenvalue weighted by molar-refractivity contribution is 0.0935. The Kier molecular flexibility index (Phi) is 4.63. The van der Waals surface area contributed by atoms with Gasteiger partial charge in [-0.2, -0.15) is 0 Å². The highest BCUT2D eigenvalue weighted by molar-refractivity contribution is 9.10. The predicted molar refractivity (Wildman–Crippen MR) is 105 cm³/mol. The molecule has 1 atom stereocenters. The van der Waals surface area contributed by atoms with Crippen LogP contribution in [0.4, 0.5) is 5.69 Å². The van der Waals surface area contributed by atoms with Crippen molar-refractivity contribution in [1.82, 2.24) is 5.32 Å². The Labute approximate surface area is 160 Å². The third kappa shape index (κ3) is 3.44. The Hall–Kier alpha value is -2.79. The molecule has 5 heteroatoms. The van der Waals surface area contributed by atoms with E-state index < -0.39 is 0 Å². The topological polar surface area (TPSA) is 50.4 Å². The van der Waals surface area contributed by atoms with Crippen molar-refractivity contribution >= 4 is 27.5 Å². The van der Waals surface area contributed by atoms with Gasteiger partial charge in [0.25, 0.3) is 5.91 Å². The number of rotatable bonds is 4. The molecule has 1 aliphatic rings. The number of halogens is 1. The number of hydrogen-bond donors (Lipinski definition) is 2. The van der Waals surface area contributed by atoms with Gasteiger partial charge in [-0.3, -0.25) is 4.79 Å². The van der Waals surface area contributed by atoms with Gasteiger partial charge in [-0.15, -0.1) is 0 Å². The first-order chi connectivity index (χ1) is 12.7. The zero-order valence-corrected chi connectivity index (χ0v) is 15.5. The number of para-hydroxylation sites is 1. The lowest BCUT2D eigenvalue weighted by Crippen LogP contribution is -2.38. The normalized spacial score (nSPS) is 15.6. The Morgan fingerprint density at radius 1 is 0.923 bits per heavy atom. The summed E-state index contributed by atoms with van der Waals surface area (Å²) in [7, 11) is 0. The number of hydrogen-bond acceptors (Lipinski definition) is 3. The van der Waals surface area contributed by atoms with Gasteiger partial charge in [-0.25, -0.2) is 0 Å². The minimum atomic E-state index is -0.360. The molecule has 1 amide bonds. The Morgan fingerprint density at radius 2 is 1.69 bits per heavy atom. The van der Waals surface area contributed by atoms with Gasteiger partial charge in [0.15, 0.2) is 0 Å². The Balaban J connectivity index is 1.62. The van der Waals surface area contributed by atoms with Crippen molar-refractivity contribution in [3.05, 3.63) is 94.0 Å². The van der Waals surface area contributed by atoms with Crippen LogP contribution in [0, 0.1) is 0 Å². The zero-order valence-electron chi connectivity index (χ0n) is 13.9. The van der Waals surface area contributed by atoms with Gasteiger partial charge in [0.05, 0.1) is 5.56 Å². The summed E-state index contributed by atoms with van der Waals surface area (Å²) in [5.41, 5.74) is 3.42. The van der Waals surface area contributed by atoms with Gasteiger partial charge in [0, 0.05) is 15.7 Å². The molecule has 1 heterocycles. The van der Waals surface area contributed by atoms with Crippen molar-refractivity contribution in [2.24, 2.45) is 0 Å². The molecular weight excluding hydrogens is 392 g/mol. The monoisotopic (exact) mass is 408 g/mol. The van der Waals surface area contributed by atoms with Crippen LogP contribution in [0.3, 0.4) is 0 Å². The first-order valence-corrected chi connectivity index (χ1v) is 9.12. The maximum absolute atomic E-state index is 12.4. The number of carbonyl (C=O) groups excluding carboxylic acids is 1. The molecule has 4 nitrogen and oxygen atoms in total. The number of fused-ring (bicyclic) bond motifs is 1. The van der Waals surface area contributed by atoms with Crippen molar-refractivity contribution in [2.45, 2.75) is 12.8 Å². The molecule has 3 aromatic rings. The average molecular weight is 409 g/mol. The summed E-state index contributed by atoms with van der Waals surface area (Å²) in [5, 5.41) is 6.38. The number of anilines is 1. The summed E-state index contributed by atoms with van der Waals surface area (Å²) in [6.45, 7) is 0.465. The van der Waals surface area contributed by atoms with E-state index in [9.17, 15) is 4.79 Å². The fraction of sp³-hybridized carbons (Fsp3) is 0.0952. The molecule has 0 aromatic heterocycles.